The van der Waals surface area contributed by atoms with Gasteiger partial charge in [-0.25, -0.2) is 4.79 Å². The molecule has 0 aliphatic carbocycles. The fraction of sp³-hybridized carbons (Fsp3) is 0.591. The first-order valence-corrected chi connectivity index (χ1v) is 11.5. The fourth-order valence-corrected chi connectivity index (χ4v) is 4.50. The highest BCUT2D eigenvalue weighted by atomic mass is 19.4. The van der Waals surface area contributed by atoms with Crippen molar-refractivity contribution in [2.24, 2.45) is 5.73 Å². The van der Waals surface area contributed by atoms with E-state index in [2.05, 4.69) is 0 Å². The lowest BCUT2D eigenvalue weighted by Crippen LogP contribution is -2.52. The minimum Gasteiger partial charge on any atom is -0.410 e. The standard InChI is InChI=1S/C22H27F6N5O4/c1-14-16(31-7-9-32(10-8-31)18(34)21(23,24)25)12-15(37-20(29)36)13-17(14)33(19(35)22(26,27)28)11-6-30-4-2-3-5-30/h12-13H,2-11H2,1H3,(H2,29,36). The van der Waals surface area contributed by atoms with E-state index in [0.29, 0.717) is 22.9 Å². The summed E-state index contributed by atoms with van der Waals surface area (Å²) >= 11 is 0. The smallest absolute Gasteiger partial charge is 0.410 e. The Balaban J connectivity index is 1.96. The average Bonchev–Trinajstić information content (AvgIpc) is 3.32. The molecule has 2 aliphatic rings. The van der Waals surface area contributed by atoms with Crippen LogP contribution in [0.4, 0.5) is 42.5 Å². The number of benzene rings is 1. The van der Waals surface area contributed by atoms with Crippen LogP contribution in [-0.2, 0) is 9.59 Å². The highest BCUT2D eigenvalue weighted by Gasteiger charge is 2.45. The molecule has 3 rings (SSSR count). The second-order valence-corrected chi connectivity index (χ2v) is 8.79. The Hall–Kier alpha value is -3.23. The summed E-state index contributed by atoms with van der Waals surface area (Å²) in [5.74, 6) is -4.34. The fourth-order valence-electron chi connectivity index (χ4n) is 4.50. The molecule has 2 aliphatic heterocycles. The molecule has 0 unspecified atom stereocenters. The van der Waals surface area contributed by atoms with E-state index >= 15 is 0 Å². The van der Waals surface area contributed by atoms with E-state index in [4.69, 9.17) is 10.5 Å². The molecule has 2 saturated heterocycles. The number of nitrogens with two attached hydrogens (primary N) is 1. The SMILES string of the molecule is Cc1c(N2CCN(C(=O)C(F)(F)F)CC2)cc(OC(N)=O)cc1N(CCN1CCCC1)C(=O)C(F)(F)F. The molecule has 0 saturated carbocycles. The molecule has 2 fully saturated rings. The molecule has 37 heavy (non-hydrogen) atoms. The number of nitrogens with zero attached hydrogens (tertiary/aromatic N) is 4. The van der Waals surface area contributed by atoms with E-state index in [0.717, 1.165) is 18.9 Å². The monoisotopic (exact) mass is 539 g/mol. The van der Waals surface area contributed by atoms with Gasteiger partial charge in [-0.1, -0.05) is 0 Å². The molecule has 0 atom stereocenters. The van der Waals surface area contributed by atoms with Gasteiger partial charge in [-0.05, 0) is 38.4 Å². The number of halogens is 6. The zero-order valence-corrected chi connectivity index (χ0v) is 20.0. The number of hydrogen-bond donors (Lipinski definition) is 1. The summed E-state index contributed by atoms with van der Waals surface area (Å²) in [6.07, 6.45) is -9.69. The zero-order chi connectivity index (χ0) is 27.5. The number of carbonyl (C=O) groups is 3. The third-order valence-corrected chi connectivity index (χ3v) is 6.31. The van der Waals surface area contributed by atoms with Gasteiger partial charge in [0.25, 0.3) is 0 Å². The van der Waals surface area contributed by atoms with Gasteiger partial charge < -0.3 is 30.1 Å². The van der Waals surface area contributed by atoms with Gasteiger partial charge >= 0.3 is 30.3 Å². The lowest BCUT2D eigenvalue weighted by molar-refractivity contribution is -0.185. The number of anilines is 2. The van der Waals surface area contributed by atoms with Crippen LogP contribution in [0.25, 0.3) is 0 Å². The van der Waals surface area contributed by atoms with Gasteiger partial charge in [0.05, 0.1) is 5.69 Å². The average molecular weight is 539 g/mol. The lowest BCUT2D eigenvalue weighted by atomic mass is 10.1. The second kappa shape index (κ2) is 11.0. The van der Waals surface area contributed by atoms with E-state index in [9.17, 15) is 40.7 Å². The molecule has 15 heteroatoms. The van der Waals surface area contributed by atoms with Crippen LogP contribution in [0.3, 0.4) is 0 Å². The molecule has 9 nitrogen and oxygen atoms in total. The van der Waals surface area contributed by atoms with E-state index in [1.807, 2.05) is 4.90 Å². The number of likely N-dealkylation sites (tertiary alicyclic amines) is 1. The Morgan fingerprint density at radius 1 is 0.946 bits per heavy atom. The van der Waals surface area contributed by atoms with Gasteiger partial charge in [-0.15, -0.1) is 0 Å². The summed E-state index contributed by atoms with van der Waals surface area (Å²) in [5, 5.41) is 0. The molecule has 206 valence electrons. The summed E-state index contributed by atoms with van der Waals surface area (Å²) in [5.41, 5.74) is 5.36. The Labute approximate surface area is 208 Å². The van der Waals surface area contributed by atoms with E-state index in [-0.39, 0.29) is 62.0 Å². The Bertz CT molecular complexity index is 1020. The normalized spacial score (nSPS) is 17.2. The van der Waals surface area contributed by atoms with Crippen molar-refractivity contribution in [2.45, 2.75) is 32.1 Å². The first-order valence-electron chi connectivity index (χ1n) is 11.5. The highest BCUT2D eigenvalue weighted by molar-refractivity contribution is 5.99. The van der Waals surface area contributed by atoms with Gasteiger partial charge in [0.15, 0.2) is 0 Å². The molecule has 0 spiro atoms. The van der Waals surface area contributed by atoms with Crippen LogP contribution in [-0.4, -0.2) is 92.4 Å². The number of piperazine rings is 1. The maximum absolute atomic E-state index is 13.5. The van der Waals surface area contributed by atoms with Crippen molar-refractivity contribution in [2.75, 3.05) is 62.2 Å². The molecular formula is C22H27F6N5O4. The van der Waals surface area contributed by atoms with Crippen LogP contribution in [0.15, 0.2) is 12.1 Å². The van der Waals surface area contributed by atoms with E-state index in [1.54, 1.807) is 4.90 Å². The zero-order valence-electron chi connectivity index (χ0n) is 20.0. The minimum atomic E-state index is -5.19. The predicted octanol–water partition coefficient (Wildman–Crippen LogP) is 2.65. The third-order valence-electron chi connectivity index (χ3n) is 6.31. The third kappa shape index (κ3) is 6.96. The van der Waals surface area contributed by atoms with Crippen molar-refractivity contribution in [1.29, 1.82) is 0 Å². The van der Waals surface area contributed by atoms with Gasteiger partial charge in [-0.2, -0.15) is 26.3 Å². The molecule has 2 N–H and O–H groups in total. The summed E-state index contributed by atoms with van der Waals surface area (Å²) in [7, 11) is 0. The number of hydrogen-bond acceptors (Lipinski definition) is 6. The van der Waals surface area contributed by atoms with E-state index in [1.165, 1.54) is 13.0 Å². The summed E-state index contributed by atoms with van der Waals surface area (Å²) in [6.45, 7) is 1.95. The van der Waals surface area contributed by atoms with Crippen molar-refractivity contribution in [3.63, 3.8) is 0 Å². The maximum atomic E-state index is 13.5. The Morgan fingerprint density at radius 3 is 2.05 bits per heavy atom. The van der Waals surface area contributed by atoms with Crippen LogP contribution in [0.2, 0.25) is 0 Å². The maximum Gasteiger partial charge on any atom is 0.471 e. The highest BCUT2D eigenvalue weighted by Crippen LogP contribution is 2.37. The number of rotatable bonds is 6. The summed E-state index contributed by atoms with van der Waals surface area (Å²) < 4.78 is 83.9. The van der Waals surface area contributed by atoms with E-state index < -0.39 is 30.3 Å². The number of ether oxygens (including phenoxy) is 1. The molecule has 2 heterocycles. The largest absolute Gasteiger partial charge is 0.471 e. The van der Waals surface area contributed by atoms with Crippen LogP contribution in [0.1, 0.15) is 18.4 Å². The predicted molar refractivity (Wildman–Crippen MR) is 120 cm³/mol. The Morgan fingerprint density at radius 2 is 1.54 bits per heavy atom. The molecule has 0 radical (unpaired) electrons. The van der Waals surface area contributed by atoms with Crippen LogP contribution >= 0.6 is 0 Å². The number of carbonyl (C=O) groups excluding carboxylic acids is 3. The van der Waals surface area contributed by atoms with Crippen LogP contribution in [0, 0.1) is 6.92 Å². The molecule has 0 bridgehead atoms. The summed E-state index contributed by atoms with van der Waals surface area (Å²) in [6, 6.07) is 2.40. The van der Waals surface area contributed by atoms with Crippen molar-refractivity contribution < 1.29 is 45.5 Å². The number of primary amides is 1. The quantitative estimate of drug-likeness (QED) is 0.559. The van der Waals surface area contributed by atoms with Gasteiger partial charge in [-0.3, -0.25) is 9.59 Å². The molecule has 3 amide bonds. The Kier molecular flexibility index (Phi) is 8.45. The minimum absolute atomic E-state index is 0.0802. The first kappa shape index (κ1) is 28.3. The topological polar surface area (TPSA) is 99.4 Å². The lowest BCUT2D eigenvalue weighted by Gasteiger charge is -2.38. The molecule has 1 aromatic rings. The van der Waals surface area contributed by atoms with Gasteiger partial charge in [0.2, 0.25) is 0 Å². The van der Waals surface area contributed by atoms with Crippen LogP contribution < -0.4 is 20.3 Å². The van der Waals surface area contributed by atoms with Crippen molar-refractivity contribution in [3.8, 4) is 5.75 Å². The second-order valence-electron chi connectivity index (χ2n) is 8.79. The first-order chi connectivity index (χ1) is 17.2. The summed E-state index contributed by atoms with van der Waals surface area (Å²) in [4.78, 5) is 40.1. The van der Waals surface area contributed by atoms with Gasteiger partial charge in [0, 0.05) is 57.1 Å². The number of alkyl halides is 6. The van der Waals surface area contributed by atoms with Crippen molar-refractivity contribution in [3.05, 3.63) is 17.7 Å². The van der Waals surface area contributed by atoms with Crippen molar-refractivity contribution >= 4 is 29.3 Å². The molecule has 0 aromatic heterocycles. The number of amides is 3. The molecular weight excluding hydrogens is 512 g/mol. The van der Waals surface area contributed by atoms with Crippen molar-refractivity contribution in [1.82, 2.24) is 9.80 Å². The van der Waals surface area contributed by atoms with Crippen LogP contribution in [0.5, 0.6) is 5.75 Å². The molecule has 1 aromatic carbocycles. The van der Waals surface area contributed by atoms with Gasteiger partial charge in [0.1, 0.15) is 5.75 Å².